The van der Waals surface area contributed by atoms with Crippen molar-refractivity contribution in [1.82, 2.24) is 9.88 Å². The van der Waals surface area contributed by atoms with Crippen LogP contribution in [0.5, 0.6) is 5.75 Å². The molecule has 0 spiro atoms. The van der Waals surface area contributed by atoms with Crippen molar-refractivity contribution in [2.24, 2.45) is 0 Å². The Balaban J connectivity index is 2.22. The third-order valence-corrected chi connectivity index (χ3v) is 4.25. The second-order valence-electron chi connectivity index (χ2n) is 5.50. The van der Waals surface area contributed by atoms with Gasteiger partial charge >= 0.3 is 0 Å². The van der Waals surface area contributed by atoms with Crippen molar-refractivity contribution in [3.63, 3.8) is 0 Å². The van der Waals surface area contributed by atoms with Crippen LogP contribution in [-0.2, 0) is 4.79 Å². The number of halogens is 2. The monoisotopic (exact) mass is 390 g/mol. The standard InChI is InChI=1S/C18H16Cl2N4O2/c1-12-4-5-13-14(19)10-15(20)18(17(13)23-12)26-11-16(25)24(8-2-6-21)9-3-7-22/h4-5,10H,2-3,8-9,11H2,1H3. The molecule has 0 fully saturated rings. The van der Waals surface area contributed by atoms with Crippen molar-refractivity contribution in [3.8, 4) is 17.9 Å². The van der Waals surface area contributed by atoms with Crippen LogP contribution in [0.3, 0.4) is 0 Å². The van der Waals surface area contributed by atoms with Gasteiger partial charge in [0.15, 0.2) is 12.4 Å². The molecule has 1 heterocycles. The summed E-state index contributed by atoms with van der Waals surface area (Å²) in [6, 6.07) is 9.16. The number of aryl methyl sites for hydroxylation is 1. The number of carbonyl (C=O) groups excluding carboxylic acids is 1. The van der Waals surface area contributed by atoms with E-state index in [0.29, 0.717) is 15.9 Å². The molecule has 0 bridgehead atoms. The van der Waals surface area contributed by atoms with Crippen LogP contribution in [0.15, 0.2) is 18.2 Å². The first-order chi connectivity index (χ1) is 12.5. The number of carbonyl (C=O) groups is 1. The van der Waals surface area contributed by atoms with Crippen LogP contribution in [0.1, 0.15) is 18.5 Å². The Morgan fingerprint density at radius 1 is 1.19 bits per heavy atom. The lowest BCUT2D eigenvalue weighted by Crippen LogP contribution is -2.36. The highest BCUT2D eigenvalue weighted by atomic mass is 35.5. The first-order valence-electron chi connectivity index (χ1n) is 7.87. The summed E-state index contributed by atoms with van der Waals surface area (Å²) in [6.07, 6.45) is 0.366. The van der Waals surface area contributed by atoms with Gasteiger partial charge in [0.25, 0.3) is 5.91 Å². The number of benzene rings is 1. The van der Waals surface area contributed by atoms with E-state index in [1.54, 1.807) is 6.07 Å². The predicted octanol–water partition coefficient (Wildman–Crippen LogP) is 3.88. The summed E-state index contributed by atoms with van der Waals surface area (Å²) in [5.41, 5.74) is 1.24. The van der Waals surface area contributed by atoms with Crippen molar-refractivity contribution in [3.05, 3.63) is 33.9 Å². The zero-order valence-corrected chi connectivity index (χ0v) is 15.6. The minimum absolute atomic E-state index is 0.183. The van der Waals surface area contributed by atoms with Crippen LogP contribution in [0.4, 0.5) is 0 Å². The minimum Gasteiger partial charge on any atom is -0.480 e. The van der Waals surface area contributed by atoms with Gasteiger partial charge in [-0.25, -0.2) is 4.98 Å². The average Bonchev–Trinajstić information content (AvgIpc) is 2.61. The molecule has 0 saturated carbocycles. The lowest BCUT2D eigenvalue weighted by molar-refractivity contribution is -0.133. The Kier molecular flexibility index (Phi) is 7.03. The van der Waals surface area contributed by atoms with Crippen LogP contribution in [0.25, 0.3) is 10.9 Å². The lowest BCUT2D eigenvalue weighted by atomic mass is 10.2. The molecule has 8 heteroatoms. The van der Waals surface area contributed by atoms with Crippen LogP contribution < -0.4 is 4.74 Å². The molecule has 0 radical (unpaired) electrons. The molecule has 26 heavy (non-hydrogen) atoms. The van der Waals surface area contributed by atoms with E-state index in [-0.39, 0.29) is 49.2 Å². The molecule has 0 aliphatic rings. The highest BCUT2D eigenvalue weighted by Crippen LogP contribution is 2.37. The van der Waals surface area contributed by atoms with Crippen molar-refractivity contribution in [2.75, 3.05) is 19.7 Å². The molecule has 0 atom stereocenters. The topological polar surface area (TPSA) is 90.0 Å². The zero-order valence-electron chi connectivity index (χ0n) is 14.1. The molecular weight excluding hydrogens is 375 g/mol. The van der Waals surface area contributed by atoms with Crippen LogP contribution in [-0.4, -0.2) is 35.5 Å². The van der Waals surface area contributed by atoms with E-state index in [4.69, 9.17) is 38.5 Å². The average molecular weight is 391 g/mol. The first kappa shape index (κ1) is 19.8. The van der Waals surface area contributed by atoms with Gasteiger partial charge in [0.05, 0.1) is 35.0 Å². The SMILES string of the molecule is Cc1ccc2c(Cl)cc(Cl)c(OCC(=O)N(CCC#N)CCC#N)c2n1. The normalized spacial score (nSPS) is 10.2. The fourth-order valence-electron chi connectivity index (χ4n) is 2.38. The van der Waals surface area contributed by atoms with E-state index in [2.05, 4.69) is 4.98 Å². The van der Waals surface area contributed by atoms with E-state index < -0.39 is 0 Å². The summed E-state index contributed by atoms with van der Waals surface area (Å²) >= 11 is 12.4. The minimum atomic E-state index is -0.331. The largest absolute Gasteiger partial charge is 0.480 e. The maximum absolute atomic E-state index is 12.4. The molecule has 1 aromatic carbocycles. The molecule has 0 saturated heterocycles. The van der Waals surface area contributed by atoms with Gasteiger partial charge in [-0.15, -0.1) is 0 Å². The molecule has 0 N–H and O–H groups in total. The van der Waals surface area contributed by atoms with Crippen LogP contribution in [0.2, 0.25) is 10.0 Å². The number of nitrogens with zero attached hydrogens (tertiary/aromatic N) is 4. The Labute approximate surface area is 161 Å². The van der Waals surface area contributed by atoms with Crippen molar-refractivity contribution < 1.29 is 9.53 Å². The van der Waals surface area contributed by atoms with Gasteiger partial charge in [0.2, 0.25) is 0 Å². The third kappa shape index (κ3) is 4.76. The summed E-state index contributed by atoms with van der Waals surface area (Å²) < 4.78 is 5.65. The van der Waals surface area contributed by atoms with Crippen LogP contribution in [0, 0.1) is 29.6 Å². The number of rotatable bonds is 7. The molecular formula is C18H16Cl2N4O2. The van der Waals surface area contributed by atoms with E-state index >= 15 is 0 Å². The second-order valence-corrected chi connectivity index (χ2v) is 6.32. The van der Waals surface area contributed by atoms with Gasteiger partial charge < -0.3 is 9.64 Å². The van der Waals surface area contributed by atoms with Gasteiger partial charge in [-0.2, -0.15) is 10.5 Å². The Hall–Kier alpha value is -2.54. The van der Waals surface area contributed by atoms with Gasteiger partial charge in [-0.05, 0) is 25.1 Å². The Morgan fingerprint density at radius 3 is 2.46 bits per heavy atom. The van der Waals surface area contributed by atoms with E-state index in [1.807, 2.05) is 31.2 Å². The van der Waals surface area contributed by atoms with E-state index in [0.717, 1.165) is 5.69 Å². The highest BCUT2D eigenvalue weighted by Gasteiger charge is 2.18. The number of fused-ring (bicyclic) bond motifs is 1. The quantitative estimate of drug-likeness (QED) is 0.714. The Bertz CT molecular complexity index is 885. The Morgan fingerprint density at radius 2 is 1.85 bits per heavy atom. The number of nitriles is 2. The fourth-order valence-corrected chi connectivity index (χ4v) is 2.95. The van der Waals surface area contributed by atoms with Gasteiger partial charge in [0.1, 0.15) is 5.52 Å². The fraction of sp³-hybridized carbons (Fsp3) is 0.333. The molecule has 6 nitrogen and oxygen atoms in total. The summed E-state index contributed by atoms with van der Waals surface area (Å²) in [6.45, 7) is 2.04. The predicted molar refractivity (Wildman–Crippen MR) is 99.0 cm³/mol. The smallest absolute Gasteiger partial charge is 0.260 e. The number of amides is 1. The second kappa shape index (κ2) is 9.24. The van der Waals surface area contributed by atoms with Gasteiger partial charge in [-0.1, -0.05) is 23.2 Å². The molecule has 0 aliphatic carbocycles. The lowest BCUT2D eigenvalue weighted by Gasteiger charge is -2.21. The number of aromatic nitrogens is 1. The number of ether oxygens (including phenoxy) is 1. The first-order valence-corrected chi connectivity index (χ1v) is 8.63. The summed E-state index contributed by atoms with van der Waals surface area (Å²) in [5.74, 6) is -0.0500. The summed E-state index contributed by atoms with van der Waals surface area (Å²) in [5, 5.41) is 18.8. The van der Waals surface area contributed by atoms with E-state index in [1.165, 1.54) is 4.90 Å². The number of hydrogen-bond donors (Lipinski definition) is 0. The van der Waals surface area contributed by atoms with E-state index in [9.17, 15) is 4.79 Å². The molecule has 2 aromatic rings. The molecule has 2 rings (SSSR count). The maximum atomic E-state index is 12.4. The molecule has 1 amide bonds. The van der Waals surface area contributed by atoms with Crippen molar-refractivity contribution in [2.45, 2.75) is 19.8 Å². The zero-order chi connectivity index (χ0) is 19.1. The maximum Gasteiger partial charge on any atom is 0.260 e. The number of hydrogen-bond acceptors (Lipinski definition) is 5. The molecule has 0 aliphatic heterocycles. The van der Waals surface area contributed by atoms with Crippen LogP contribution >= 0.6 is 23.2 Å². The van der Waals surface area contributed by atoms with Crippen molar-refractivity contribution >= 4 is 40.0 Å². The summed E-state index contributed by atoms with van der Waals surface area (Å²) in [7, 11) is 0. The molecule has 1 aromatic heterocycles. The molecule has 134 valence electrons. The van der Waals surface area contributed by atoms with Gasteiger partial charge in [0, 0.05) is 24.2 Å². The molecule has 0 unspecified atom stereocenters. The highest BCUT2D eigenvalue weighted by molar-refractivity contribution is 6.39. The van der Waals surface area contributed by atoms with Gasteiger partial charge in [-0.3, -0.25) is 4.79 Å². The number of pyridine rings is 1. The summed E-state index contributed by atoms with van der Waals surface area (Å²) in [4.78, 5) is 18.2. The third-order valence-electron chi connectivity index (χ3n) is 3.66. The van der Waals surface area contributed by atoms with Crippen molar-refractivity contribution in [1.29, 1.82) is 10.5 Å².